The smallest absolute Gasteiger partial charge is 0.310 e. The van der Waals surface area contributed by atoms with E-state index >= 15 is 0 Å². The quantitative estimate of drug-likeness (QED) is 0.458. The maximum absolute atomic E-state index is 13.2. The first-order valence-electron chi connectivity index (χ1n) is 11.3. The maximum atomic E-state index is 13.2. The Morgan fingerprint density at radius 1 is 0.879 bits per heavy atom. The summed E-state index contributed by atoms with van der Waals surface area (Å²) in [6.07, 6.45) is 1.47. The van der Waals surface area contributed by atoms with Crippen molar-refractivity contribution in [3.05, 3.63) is 95.1 Å². The highest BCUT2D eigenvalue weighted by Gasteiger charge is 2.24. The standard InChI is InChI=1S/C28H28O5/c1-20-9-8-14-25(29)28-23(16-27(30)33-20)15-24(31-18-21-10-4-2-5-11-21)17-26(28)32-19-22-12-6-3-7-13-22/h2-7,10-13,15,17,20H,8-9,14,16,18-19H2,1H3/t20-/m1/s1. The average molecular weight is 445 g/mol. The van der Waals surface area contributed by atoms with Crippen LogP contribution in [0.3, 0.4) is 0 Å². The summed E-state index contributed by atoms with van der Waals surface area (Å²) in [5, 5.41) is 0. The predicted molar refractivity (Wildman–Crippen MR) is 125 cm³/mol. The van der Waals surface area contributed by atoms with Crippen molar-refractivity contribution in [2.24, 2.45) is 0 Å². The van der Waals surface area contributed by atoms with Gasteiger partial charge in [0.2, 0.25) is 0 Å². The first-order valence-corrected chi connectivity index (χ1v) is 11.3. The van der Waals surface area contributed by atoms with Crippen molar-refractivity contribution in [1.29, 1.82) is 0 Å². The molecule has 0 bridgehead atoms. The molecule has 33 heavy (non-hydrogen) atoms. The summed E-state index contributed by atoms with van der Waals surface area (Å²) in [7, 11) is 0. The minimum Gasteiger partial charge on any atom is -0.489 e. The van der Waals surface area contributed by atoms with Crippen molar-refractivity contribution in [2.45, 2.75) is 51.9 Å². The van der Waals surface area contributed by atoms with Crippen LogP contribution >= 0.6 is 0 Å². The van der Waals surface area contributed by atoms with Crippen LogP contribution in [-0.4, -0.2) is 17.9 Å². The molecule has 0 saturated heterocycles. The van der Waals surface area contributed by atoms with Crippen LogP contribution < -0.4 is 9.47 Å². The second kappa shape index (κ2) is 10.8. The lowest BCUT2D eigenvalue weighted by Crippen LogP contribution is -2.20. The fourth-order valence-corrected chi connectivity index (χ4v) is 3.93. The minimum atomic E-state index is -0.354. The van der Waals surface area contributed by atoms with Gasteiger partial charge in [-0.15, -0.1) is 0 Å². The lowest BCUT2D eigenvalue weighted by atomic mass is 9.95. The number of cyclic esters (lactones) is 1. The summed E-state index contributed by atoms with van der Waals surface area (Å²) in [4.78, 5) is 25.7. The van der Waals surface area contributed by atoms with Crippen molar-refractivity contribution in [3.63, 3.8) is 0 Å². The van der Waals surface area contributed by atoms with E-state index < -0.39 is 0 Å². The molecule has 4 rings (SSSR count). The molecule has 5 nitrogen and oxygen atoms in total. The predicted octanol–water partition coefficient (Wildman–Crippen LogP) is 5.69. The molecular weight excluding hydrogens is 416 g/mol. The van der Waals surface area contributed by atoms with Crippen LogP contribution in [0.15, 0.2) is 72.8 Å². The molecule has 0 unspecified atom stereocenters. The van der Waals surface area contributed by atoms with E-state index in [4.69, 9.17) is 14.2 Å². The summed E-state index contributed by atoms with van der Waals surface area (Å²) in [5.41, 5.74) is 3.04. The number of hydrogen-bond acceptors (Lipinski definition) is 5. The highest BCUT2D eigenvalue weighted by Crippen LogP contribution is 2.33. The SMILES string of the molecule is C[C@@H]1CCCC(=O)c2c(cc(OCc3ccccc3)cc2OCc2ccccc2)CC(=O)O1. The maximum Gasteiger partial charge on any atom is 0.310 e. The third-order valence-electron chi connectivity index (χ3n) is 5.60. The highest BCUT2D eigenvalue weighted by atomic mass is 16.5. The molecule has 1 atom stereocenters. The van der Waals surface area contributed by atoms with Gasteiger partial charge in [0.25, 0.3) is 0 Å². The Morgan fingerprint density at radius 2 is 1.52 bits per heavy atom. The normalized spacial score (nSPS) is 16.5. The molecule has 3 aromatic rings. The largest absolute Gasteiger partial charge is 0.489 e. The second-order valence-electron chi connectivity index (χ2n) is 8.30. The molecule has 1 heterocycles. The lowest BCUT2D eigenvalue weighted by molar-refractivity contribution is -0.147. The Hall–Kier alpha value is -3.60. The zero-order valence-corrected chi connectivity index (χ0v) is 18.8. The fourth-order valence-electron chi connectivity index (χ4n) is 3.93. The van der Waals surface area contributed by atoms with Gasteiger partial charge in [-0.1, -0.05) is 60.7 Å². The molecule has 1 aliphatic rings. The van der Waals surface area contributed by atoms with Crippen LogP contribution in [0, 0.1) is 0 Å². The van der Waals surface area contributed by atoms with Crippen LogP contribution in [0.1, 0.15) is 53.2 Å². The monoisotopic (exact) mass is 444 g/mol. The number of ketones is 1. The van der Waals surface area contributed by atoms with Gasteiger partial charge in [0, 0.05) is 12.5 Å². The summed E-state index contributed by atoms with van der Waals surface area (Å²) in [5.74, 6) is 0.606. The van der Waals surface area contributed by atoms with Crippen molar-refractivity contribution in [1.82, 2.24) is 0 Å². The van der Waals surface area contributed by atoms with Crippen LogP contribution in [0.2, 0.25) is 0 Å². The number of rotatable bonds is 6. The Balaban J connectivity index is 1.67. The van der Waals surface area contributed by atoms with Gasteiger partial charge in [-0.3, -0.25) is 9.59 Å². The highest BCUT2D eigenvalue weighted by molar-refractivity contribution is 6.01. The van der Waals surface area contributed by atoms with E-state index in [1.54, 1.807) is 12.1 Å². The average Bonchev–Trinajstić information content (AvgIpc) is 2.82. The van der Waals surface area contributed by atoms with Gasteiger partial charge in [-0.05, 0) is 42.5 Å². The van der Waals surface area contributed by atoms with E-state index in [0.29, 0.717) is 55.1 Å². The number of ether oxygens (including phenoxy) is 3. The number of fused-ring (bicyclic) bond motifs is 1. The van der Waals surface area contributed by atoms with Gasteiger partial charge in [-0.25, -0.2) is 0 Å². The van der Waals surface area contributed by atoms with Crippen molar-refractivity contribution < 1.29 is 23.8 Å². The Labute approximate surface area is 194 Å². The van der Waals surface area contributed by atoms with E-state index in [-0.39, 0.29) is 24.3 Å². The molecule has 0 fully saturated rings. The molecule has 0 saturated carbocycles. The van der Waals surface area contributed by atoms with Crippen LogP contribution in [0.5, 0.6) is 11.5 Å². The van der Waals surface area contributed by atoms with Crippen LogP contribution in [0.4, 0.5) is 0 Å². The van der Waals surface area contributed by atoms with Crippen LogP contribution in [-0.2, 0) is 29.2 Å². The number of hydrogen-bond donors (Lipinski definition) is 0. The lowest BCUT2D eigenvalue weighted by Gasteiger charge is -2.20. The molecule has 1 aliphatic heterocycles. The van der Waals surface area contributed by atoms with Crippen molar-refractivity contribution >= 4 is 11.8 Å². The Morgan fingerprint density at radius 3 is 2.18 bits per heavy atom. The minimum absolute atomic E-state index is 0.00432. The number of Topliss-reactive ketones (excluding diaryl/α,β-unsaturated/α-hetero) is 1. The number of carbonyl (C=O) groups is 2. The van der Waals surface area contributed by atoms with Crippen molar-refractivity contribution in [3.8, 4) is 11.5 Å². The Kier molecular flexibility index (Phi) is 7.40. The number of esters is 1. The van der Waals surface area contributed by atoms with E-state index in [1.165, 1.54) is 0 Å². The van der Waals surface area contributed by atoms with Gasteiger partial charge in [0.15, 0.2) is 5.78 Å². The number of carbonyl (C=O) groups excluding carboxylic acids is 2. The summed E-state index contributed by atoms with van der Waals surface area (Å²) in [6, 6.07) is 23.1. The molecule has 0 radical (unpaired) electrons. The molecule has 0 N–H and O–H groups in total. The summed E-state index contributed by atoms with van der Waals surface area (Å²) < 4.78 is 17.7. The molecule has 0 amide bonds. The van der Waals surface area contributed by atoms with E-state index in [9.17, 15) is 9.59 Å². The third-order valence-corrected chi connectivity index (χ3v) is 5.60. The van der Waals surface area contributed by atoms with Gasteiger partial charge < -0.3 is 14.2 Å². The first kappa shape index (κ1) is 22.6. The molecule has 0 aromatic heterocycles. The van der Waals surface area contributed by atoms with Gasteiger partial charge in [0.1, 0.15) is 24.7 Å². The van der Waals surface area contributed by atoms with E-state index in [1.807, 2.05) is 67.6 Å². The third kappa shape index (κ3) is 6.22. The Bertz CT molecular complexity index is 1090. The van der Waals surface area contributed by atoms with Crippen molar-refractivity contribution in [2.75, 3.05) is 0 Å². The van der Waals surface area contributed by atoms with Crippen LogP contribution in [0.25, 0.3) is 0 Å². The molecule has 3 aromatic carbocycles. The second-order valence-corrected chi connectivity index (χ2v) is 8.30. The first-order chi connectivity index (χ1) is 16.1. The molecule has 170 valence electrons. The van der Waals surface area contributed by atoms with E-state index in [2.05, 4.69) is 0 Å². The molecule has 0 aliphatic carbocycles. The fraction of sp³-hybridized carbons (Fsp3) is 0.286. The van der Waals surface area contributed by atoms with Gasteiger partial charge >= 0.3 is 5.97 Å². The summed E-state index contributed by atoms with van der Waals surface area (Å²) in [6.45, 7) is 2.54. The molecular formula is C28H28O5. The number of benzene rings is 3. The van der Waals surface area contributed by atoms with E-state index in [0.717, 1.165) is 11.1 Å². The van der Waals surface area contributed by atoms with Gasteiger partial charge in [-0.2, -0.15) is 0 Å². The topological polar surface area (TPSA) is 61.8 Å². The zero-order chi connectivity index (χ0) is 23.0. The molecule has 5 heteroatoms. The zero-order valence-electron chi connectivity index (χ0n) is 18.8. The molecule has 0 spiro atoms. The van der Waals surface area contributed by atoms with Gasteiger partial charge in [0.05, 0.1) is 18.1 Å². The summed E-state index contributed by atoms with van der Waals surface area (Å²) >= 11 is 0.